The third kappa shape index (κ3) is 2.36. The van der Waals surface area contributed by atoms with Gasteiger partial charge in [0.25, 0.3) is 0 Å². The SMILES string of the molecule is Cc1ncc2n1CN(CCN1CCNCC1)C2. The highest BCUT2D eigenvalue weighted by molar-refractivity contribution is 5.07. The molecule has 1 saturated heterocycles. The summed E-state index contributed by atoms with van der Waals surface area (Å²) in [6, 6.07) is 0. The molecule has 2 aliphatic heterocycles. The molecule has 0 aromatic carbocycles. The molecule has 94 valence electrons. The summed E-state index contributed by atoms with van der Waals surface area (Å²) < 4.78 is 2.32. The molecule has 0 amide bonds. The number of imidazole rings is 1. The molecular weight excluding hydrogens is 214 g/mol. The van der Waals surface area contributed by atoms with E-state index in [1.165, 1.54) is 31.9 Å². The van der Waals surface area contributed by atoms with Crippen molar-refractivity contribution in [3.63, 3.8) is 0 Å². The zero-order valence-corrected chi connectivity index (χ0v) is 10.5. The molecule has 17 heavy (non-hydrogen) atoms. The molecular formula is C12H21N5. The Hall–Kier alpha value is -0.910. The minimum absolute atomic E-state index is 1.02. The Morgan fingerprint density at radius 2 is 2.00 bits per heavy atom. The first kappa shape index (κ1) is 11.2. The minimum Gasteiger partial charge on any atom is -0.317 e. The predicted molar refractivity (Wildman–Crippen MR) is 66.7 cm³/mol. The van der Waals surface area contributed by atoms with E-state index in [0.717, 1.165) is 32.1 Å². The molecule has 0 unspecified atom stereocenters. The van der Waals surface area contributed by atoms with E-state index >= 15 is 0 Å². The minimum atomic E-state index is 1.02. The molecule has 0 saturated carbocycles. The molecule has 1 aromatic rings. The largest absolute Gasteiger partial charge is 0.317 e. The number of piperazine rings is 1. The van der Waals surface area contributed by atoms with Crippen molar-refractivity contribution in [2.45, 2.75) is 20.1 Å². The molecule has 0 atom stereocenters. The monoisotopic (exact) mass is 235 g/mol. The van der Waals surface area contributed by atoms with Crippen molar-refractivity contribution in [2.75, 3.05) is 39.3 Å². The summed E-state index contributed by atoms with van der Waals surface area (Å²) in [5.74, 6) is 1.14. The normalized spacial score (nSPS) is 21.9. The second-order valence-corrected chi connectivity index (χ2v) is 5.01. The third-order valence-corrected chi connectivity index (χ3v) is 3.81. The summed E-state index contributed by atoms with van der Waals surface area (Å²) >= 11 is 0. The summed E-state index contributed by atoms with van der Waals surface area (Å²) in [5.41, 5.74) is 1.36. The molecule has 0 aliphatic carbocycles. The van der Waals surface area contributed by atoms with E-state index in [-0.39, 0.29) is 0 Å². The van der Waals surface area contributed by atoms with Crippen molar-refractivity contribution in [1.29, 1.82) is 0 Å². The van der Waals surface area contributed by atoms with E-state index in [4.69, 9.17) is 0 Å². The number of nitrogens with zero attached hydrogens (tertiary/aromatic N) is 4. The predicted octanol–water partition coefficient (Wildman–Crippen LogP) is -0.130. The number of hydrogen-bond donors (Lipinski definition) is 1. The molecule has 1 N–H and O–H groups in total. The van der Waals surface area contributed by atoms with E-state index < -0.39 is 0 Å². The molecule has 0 radical (unpaired) electrons. The van der Waals surface area contributed by atoms with Gasteiger partial charge in [0.05, 0.1) is 12.4 Å². The maximum absolute atomic E-state index is 4.34. The fourth-order valence-corrected chi connectivity index (χ4v) is 2.68. The van der Waals surface area contributed by atoms with Crippen LogP contribution in [0.5, 0.6) is 0 Å². The lowest BCUT2D eigenvalue weighted by atomic mass is 10.3. The molecule has 5 nitrogen and oxygen atoms in total. The first-order valence-corrected chi connectivity index (χ1v) is 6.49. The van der Waals surface area contributed by atoms with Crippen LogP contribution >= 0.6 is 0 Å². The lowest BCUT2D eigenvalue weighted by Gasteiger charge is -2.28. The highest BCUT2D eigenvalue weighted by Gasteiger charge is 2.21. The van der Waals surface area contributed by atoms with Gasteiger partial charge in [0, 0.05) is 52.0 Å². The van der Waals surface area contributed by atoms with Crippen LogP contribution in [0.25, 0.3) is 0 Å². The molecule has 1 aromatic heterocycles. The van der Waals surface area contributed by atoms with Crippen LogP contribution in [0.3, 0.4) is 0 Å². The molecule has 0 spiro atoms. The van der Waals surface area contributed by atoms with Crippen molar-refractivity contribution in [1.82, 2.24) is 24.7 Å². The number of rotatable bonds is 3. The standard InChI is InChI=1S/C12H21N5/c1-11-14-8-12-9-16(10-17(11)12)7-6-15-4-2-13-3-5-15/h8,13H,2-7,9-10H2,1H3. The molecule has 5 heteroatoms. The van der Waals surface area contributed by atoms with Crippen LogP contribution in [0.1, 0.15) is 11.5 Å². The Morgan fingerprint density at radius 3 is 2.76 bits per heavy atom. The fourth-order valence-electron chi connectivity index (χ4n) is 2.68. The van der Waals surface area contributed by atoms with Gasteiger partial charge in [0.15, 0.2) is 0 Å². The zero-order chi connectivity index (χ0) is 11.7. The van der Waals surface area contributed by atoms with Gasteiger partial charge >= 0.3 is 0 Å². The number of nitrogens with one attached hydrogen (secondary N) is 1. The van der Waals surface area contributed by atoms with Crippen molar-refractivity contribution >= 4 is 0 Å². The van der Waals surface area contributed by atoms with Gasteiger partial charge in [-0.2, -0.15) is 0 Å². The second kappa shape index (κ2) is 4.76. The van der Waals surface area contributed by atoms with Gasteiger partial charge in [-0.3, -0.25) is 9.80 Å². The fraction of sp³-hybridized carbons (Fsp3) is 0.750. The van der Waals surface area contributed by atoms with Crippen LogP contribution in [0.4, 0.5) is 0 Å². The summed E-state index contributed by atoms with van der Waals surface area (Å²) in [4.78, 5) is 9.40. The maximum Gasteiger partial charge on any atom is 0.106 e. The van der Waals surface area contributed by atoms with Crippen LogP contribution in [-0.4, -0.2) is 58.6 Å². The Balaban J connectivity index is 1.48. The number of aromatic nitrogens is 2. The van der Waals surface area contributed by atoms with E-state index in [0.29, 0.717) is 0 Å². The van der Waals surface area contributed by atoms with Gasteiger partial charge in [-0.15, -0.1) is 0 Å². The summed E-state index contributed by atoms with van der Waals surface area (Å²) in [6.07, 6.45) is 2.01. The van der Waals surface area contributed by atoms with Gasteiger partial charge in [-0.25, -0.2) is 4.98 Å². The van der Waals surface area contributed by atoms with Gasteiger partial charge in [0.2, 0.25) is 0 Å². The Morgan fingerprint density at radius 1 is 1.24 bits per heavy atom. The highest BCUT2D eigenvalue weighted by Crippen LogP contribution is 2.16. The smallest absolute Gasteiger partial charge is 0.106 e. The average Bonchev–Trinajstić information content (AvgIpc) is 2.91. The van der Waals surface area contributed by atoms with Gasteiger partial charge in [-0.05, 0) is 6.92 Å². The Kier molecular flexibility index (Phi) is 3.13. The lowest BCUT2D eigenvalue weighted by molar-refractivity contribution is 0.179. The summed E-state index contributed by atoms with van der Waals surface area (Å²) in [6.45, 7) is 11.2. The molecule has 3 rings (SSSR count). The first-order chi connectivity index (χ1) is 8.33. The molecule has 1 fully saturated rings. The van der Waals surface area contributed by atoms with E-state index in [2.05, 4.69) is 31.6 Å². The topological polar surface area (TPSA) is 36.3 Å². The lowest BCUT2D eigenvalue weighted by Crippen LogP contribution is -2.45. The van der Waals surface area contributed by atoms with E-state index in [1.807, 2.05) is 6.20 Å². The van der Waals surface area contributed by atoms with Crippen LogP contribution < -0.4 is 5.32 Å². The van der Waals surface area contributed by atoms with Crippen LogP contribution in [0.2, 0.25) is 0 Å². The highest BCUT2D eigenvalue weighted by atomic mass is 15.3. The third-order valence-electron chi connectivity index (χ3n) is 3.81. The first-order valence-electron chi connectivity index (χ1n) is 6.49. The van der Waals surface area contributed by atoms with Gasteiger partial charge in [0.1, 0.15) is 5.82 Å². The quantitative estimate of drug-likeness (QED) is 0.792. The maximum atomic E-state index is 4.34. The van der Waals surface area contributed by atoms with Crippen LogP contribution in [0, 0.1) is 6.92 Å². The van der Waals surface area contributed by atoms with Crippen molar-refractivity contribution in [3.8, 4) is 0 Å². The van der Waals surface area contributed by atoms with Crippen molar-refractivity contribution < 1.29 is 0 Å². The number of hydrogen-bond acceptors (Lipinski definition) is 4. The summed E-state index contributed by atoms with van der Waals surface area (Å²) in [7, 11) is 0. The van der Waals surface area contributed by atoms with E-state index in [1.54, 1.807) is 0 Å². The van der Waals surface area contributed by atoms with Crippen molar-refractivity contribution in [2.24, 2.45) is 0 Å². The Bertz CT molecular complexity index is 380. The second-order valence-electron chi connectivity index (χ2n) is 5.01. The zero-order valence-electron chi connectivity index (χ0n) is 10.5. The Labute approximate surface area is 102 Å². The number of aryl methyl sites for hydroxylation is 1. The van der Waals surface area contributed by atoms with E-state index in [9.17, 15) is 0 Å². The molecule has 2 aliphatic rings. The molecule has 0 bridgehead atoms. The van der Waals surface area contributed by atoms with Gasteiger partial charge in [-0.1, -0.05) is 0 Å². The van der Waals surface area contributed by atoms with Crippen LogP contribution in [-0.2, 0) is 13.2 Å². The average molecular weight is 235 g/mol. The van der Waals surface area contributed by atoms with Crippen molar-refractivity contribution in [3.05, 3.63) is 17.7 Å². The van der Waals surface area contributed by atoms with Gasteiger partial charge < -0.3 is 9.88 Å². The summed E-state index contributed by atoms with van der Waals surface area (Å²) in [5, 5.41) is 3.39. The van der Waals surface area contributed by atoms with Crippen LogP contribution in [0.15, 0.2) is 6.20 Å². The number of fused-ring (bicyclic) bond motifs is 1. The molecule has 3 heterocycles.